The first kappa shape index (κ1) is 24.8. The minimum atomic E-state index is -3.52. The lowest BCUT2D eigenvalue weighted by Gasteiger charge is -2.15. The van der Waals surface area contributed by atoms with Crippen molar-refractivity contribution in [1.29, 1.82) is 0 Å². The molecule has 0 saturated heterocycles. The molecule has 1 heterocycles. The normalized spacial score (nSPS) is 11.3. The highest BCUT2D eigenvalue weighted by atomic mass is 35.5. The number of nitrogens with zero attached hydrogens (tertiary/aromatic N) is 2. The number of para-hydroxylation sites is 1. The van der Waals surface area contributed by atoms with Crippen molar-refractivity contribution in [2.45, 2.75) is 30.9 Å². The van der Waals surface area contributed by atoms with E-state index in [2.05, 4.69) is 25.9 Å². The maximum atomic E-state index is 12.7. The van der Waals surface area contributed by atoms with Crippen molar-refractivity contribution in [2.24, 2.45) is 0 Å². The molecule has 0 saturated carbocycles. The van der Waals surface area contributed by atoms with Crippen molar-refractivity contribution >= 4 is 67.8 Å². The van der Waals surface area contributed by atoms with Gasteiger partial charge in [0.05, 0.1) is 22.0 Å². The average Bonchev–Trinajstić information content (AvgIpc) is 2.78. The van der Waals surface area contributed by atoms with Gasteiger partial charge in [0.2, 0.25) is 11.9 Å². The summed E-state index contributed by atoms with van der Waals surface area (Å²) in [5, 5.41) is 8.45. The Morgan fingerprint density at radius 3 is 2.48 bits per heavy atom. The van der Waals surface area contributed by atoms with Crippen molar-refractivity contribution in [3.05, 3.63) is 59.2 Å². The van der Waals surface area contributed by atoms with Crippen molar-refractivity contribution in [3.63, 3.8) is 0 Å². The van der Waals surface area contributed by atoms with Crippen LogP contribution in [0.3, 0.4) is 0 Å². The molecule has 0 aliphatic heterocycles. The Morgan fingerprint density at radius 2 is 1.82 bits per heavy atom. The number of carbonyl (C=O) groups excluding carboxylic acids is 1. The van der Waals surface area contributed by atoms with E-state index in [0.29, 0.717) is 11.4 Å². The standard InChI is InChI=1S/C22H23Cl2N5O3S/c1-13(2)33(31,32)19-7-5-4-6-18(19)27-21-16(24)12-25-22(29-21)28-17-9-8-15(10-14(17)3)26-20(30)11-23/h4-10,12-13H,11H2,1-3H3,(H,26,30)(H2,25,27,28,29). The van der Waals surface area contributed by atoms with Gasteiger partial charge in [0.25, 0.3) is 0 Å². The molecule has 0 atom stereocenters. The number of rotatable bonds is 8. The fourth-order valence-corrected chi connectivity index (χ4v) is 4.32. The fourth-order valence-electron chi connectivity index (χ4n) is 2.91. The van der Waals surface area contributed by atoms with Crippen LogP contribution >= 0.6 is 23.2 Å². The molecule has 0 spiro atoms. The predicted octanol–water partition coefficient (Wildman–Crippen LogP) is 5.29. The first-order chi connectivity index (χ1) is 15.6. The number of alkyl halides is 1. The number of aryl methyl sites for hydroxylation is 1. The summed E-state index contributed by atoms with van der Waals surface area (Å²) in [5.41, 5.74) is 2.54. The monoisotopic (exact) mass is 507 g/mol. The summed E-state index contributed by atoms with van der Waals surface area (Å²) in [6.45, 7) is 5.11. The Balaban J connectivity index is 1.87. The lowest BCUT2D eigenvalue weighted by molar-refractivity contribution is -0.113. The first-order valence-corrected chi connectivity index (χ1v) is 12.4. The van der Waals surface area contributed by atoms with Gasteiger partial charge in [0, 0.05) is 11.4 Å². The highest BCUT2D eigenvalue weighted by Gasteiger charge is 2.23. The molecule has 2 aromatic carbocycles. The van der Waals surface area contributed by atoms with Gasteiger partial charge in [0.15, 0.2) is 15.7 Å². The van der Waals surface area contributed by atoms with Crippen LogP contribution in [0.5, 0.6) is 0 Å². The summed E-state index contributed by atoms with van der Waals surface area (Å²) in [7, 11) is -3.52. The van der Waals surface area contributed by atoms with E-state index >= 15 is 0 Å². The number of hydrogen-bond donors (Lipinski definition) is 3. The fraction of sp³-hybridized carbons (Fsp3) is 0.227. The van der Waals surface area contributed by atoms with E-state index in [4.69, 9.17) is 23.2 Å². The van der Waals surface area contributed by atoms with Crippen LogP contribution in [0.1, 0.15) is 19.4 Å². The molecule has 3 N–H and O–H groups in total. The number of amides is 1. The molecule has 0 radical (unpaired) electrons. The highest BCUT2D eigenvalue weighted by Crippen LogP contribution is 2.31. The molecule has 0 aliphatic rings. The van der Waals surface area contributed by atoms with Crippen LogP contribution < -0.4 is 16.0 Å². The summed E-state index contributed by atoms with van der Waals surface area (Å²) in [4.78, 5) is 20.2. The summed E-state index contributed by atoms with van der Waals surface area (Å²) in [5.74, 6) is 0.0823. The Hall–Kier alpha value is -2.88. The van der Waals surface area contributed by atoms with Crippen LogP contribution in [0, 0.1) is 6.92 Å². The van der Waals surface area contributed by atoms with Crippen LogP contribution in [0.25, 0.3) is 0 Å². The van der Waals surface area contributed by atoms with Gasteiger partial charge in [-0.05, 0) is 56.7 Å². The Kier molecular flexibility index (Phi) is 7.78. The zero-order valence-electron chi connectivity index (χ0n) is 18.2. The molecule has 3 rings (SSSR count). The van der Waals surface area contributed by atoms with E-state index in [9.17, 15) is 13.2 Å². The molecule has 33 heavy (non-hydrogen) atoms. The van der Waals surface area contributed by atoms with Gasteiger partial charge in [-0.25, -0.2) is 13.4 Å². The van der Waals surface area contributed by atoms with E-state index < -0.39 is 15.1 Å². The molecular weight excluding hydrogens is 485 g/mol. The third-order valence-corrected chi connectivity index (χ3v) is 7.42. The molecule has 0 fully saturated rings. The maximum Gasteiger partial charge on any atom is 0.239 e. The van der Waals surface area contributed by atoms with Crippen LogP contribution in [0.4, 0.5) is 28.8 Å². The third-order valence-electron chi connectivity index (χ3n) is 4.69. The lowest BCUT2D eigenvalue weighted by atomic mass is 10.2. The van der Waals surface area contributed by atoms with E-state index in [-0.39, 0.29) is 33.5 Å². The zero-order chi connectivity index (χ0) is 24.2. The third kappa shape index (κ3) is 5.93. The van der Waals surface area contributed by atoms with Crippen LogP contribution in [0.15, 0.2) is 53.6 Å². The quantitative estimate of drug-likeness (QED) is 0.355. The van der Waals surface area contributed by atoms with E-state index in [1.807, 2.05) is 6.92 Å². The maximum absolute atomic E-state index is 12.7. The number of sulfone groups is 1. The van der Waals surface area contributed by atoms with Gasteiger partial charge < -0.3 is 16.0 Å². The first-order valence-electron chi connectivity index (χ1n) is 9.97. The number of hydrogen-bond acceptors (Lipinski definition) is 7. The second-order valence-electron chi connectivity index (χ2n) is 7.44. The minimum Gasteiger partial charge on any atom is -0.338 e. The highest BCUT2D eigenvalue weighted by molar-refractivity contribution is 7.92. The number of aromatic nitrogens is 2. The topological polar surface area (TPSA) is 113 Å². The molecule has 0 unspecified atom stereocenters. The summed E-state index contributed by atoms with van der Waals surface area (Å²) >= 11 is 11.8. The van der Waals surface area contributed by atoms with E-state index in [1.54, 1.807) is 56.3 Å². The molecule has 3 aromatic rings. The van der Waals surface area contributed by atoms with Crippen LogP contribution in [0.2, 0.25) is 5.02 Å². The van der Waals surface area contributed by atoms with E-state index in [1.165, 1.54) is 6.20 Å². The molecule has 11 heteroatoms. The number of anilines is 5. The molecule has 1 aromatic heterocycles. The van der Waals surface area contributed by atoms with Crippen LogP contribution in [-0.4, -0.2) is 35.4 Å². The molecule has 0 bridgehead atoms. The number of carbonyl (C=O) groups is 1. The van der Waals surface area contributed by atoms with Crippen molar-refractivity contribution in [1.82, 2.24) is 9.97 Å². The molecule has 8 nitrogen and oxygen atoms in total. The SMILES string of the molecule is Cc1cc(NC(=O)CCl)ccc1Nc1ncc(Cl)c(Nc2ccccc2S(=O)(=O)C(C)C)n1. The van der Waals surface area contributed by atoms with Gasteiger partial charge in [-0.1, -0.05) is 23.7 Å². The van der Waals surface area contributed by atoms with Crippen molar-refractivity contribution < 1.29 is 13.2 Å². The molecule has 174 valence electrons. The van der Waals surface area contributed by atoms with Gasteiger partial charge in [0.1, 0.15) is 10.9 Å². The van der Waals surface area contributed by atoms with Gasteiger partial charge in [-0.15, -0.1) is 11.6 Å². The lowest BCUT2D eigenvalue weighted by Crippen LogP contribution is -2.15. The summed E-state index contributed by atoms with van der Waals surface area (Å²) in [6, 6.07) is 11.9. The second-order valence-corrected chi connectivity index (χ2v) is 10.6. The van der Waals surface area contributed by atoms with Gasteiger partial charge >= 0.3 is 0 Å². The van der Waals surface area contributed by atoms with E-state index in [0.717, 1.165) is 11.3 Å². The van der Waals surface area contributed by atoms with Crippen LogP contribution in [-0.2, 0) is 14.6 Å². The second kappa shape index (κ2) is 10.4. The summed E-state index contributed by atoms with van der Waals surface area (Å²) < 4.78 is 25.5. The summed E-state index contributed by atoms with van der Waals surface area (Å²) in [6.07, 6.45) is 1.42. The van der Waals surface area contributed by atoms with Crippen molar-refractivity contribution in [2.75, 3.05) is 21.8 Å². The van der Waals surface area contributed by atoms with Gasteiger partial charge in [-0.2, -0.15) is 4.98 Å². The predicted molar refractivity (Wildman–Crippen MR) is 133 cm³/mol. The number of halogens is 2. The minimum absolute atomic E-state index is 0.130. The Labute approximate surface area is 202 Å². The Morgan fingerprint density at radius 1 is 1.09 bits per heavy atom. The average molecular weight is 508 g/mol. The molecule has 1 amide bonds. The molecule has 0 aliphatic carbocycles. The Bertz CT molecular complexity index is 1280. The smallest absolute Gasteiger partial charge is 0.239 e. The zero-order valence-corrected chi connectivity index (χ0v) is 20.5. The van der Waals surface area contributed by atoms with Crippen molar-refractivity contribution in [3.8, 4) is 0 Å². The number of nitrogens with one attached hydrogen (secondary N) is 3. The molecular formula is C22H23Cl2N5O3S. The van der Waals surface area contributed by atoms with Gasteiger partial charge in [-0.3, -0.25) is 4.79 Å². The number of benzene rings is 2. The largest absolute Gasteiger partial charge is 0.338 e.